The van der Waals surface area contributed by atoms with E-state index in [9.17, 15) is 14.9 Å². The number of carbonyl (C=O) groups is 1. The fourth-order valence-electron chi connectivity index (χ4n) is 2.09. The van der Waals surface area contributed by atoms with Crippen LogP contribution in [0.15, 0.2) is 10.5 Å². The van der Waals surface area contributed by atoms with Crippen LogP contribution in [0, 0.1) is 30.9 Å². The molecule has 0 aromatic carbocycles. The Bertz CT molecular complexity index is 698. The van der Waals surface area contributed by atoms with Gasteiger partial charge in [-0.2, -0.15) is 5.10 Å². The van der Waals surface area contributed by atoms with E-state index >= 15 is 0 Å². The molecule has 0 amide bonds. The summed E-state index contributed by atoms with van der Waals surface area (Å²) in [6.07, 6.45) is 0. The molecule has 8 nitrogen and oxygen atoms in total. The van der Waals surface area contributed by atoms with Crippen LogP contribution >= 0.6 is 0 Å². The molecule has 0 saturated heterocycles. The quantitative estimate of drug-likeness (QED) is 0.677. The Morgan fingerprint density at radius 1 is 1.50 bits per heavy atom. The van der Waals surface area contributed by atoms with Crippen LogP contribution in [0.2, 0.25) is 0 Å². The van der Waals surface area contributed by atoms with Crippen molar-refractivity contribution in [3.05, 3.63) is 44.7 Å². The maximum Gasteiger partial charge on any atom is 0.339 e. The second-order valence-electron chi connectivity index (χ2n) is 4.42. The van der Waals surface area contributed by atoms with E-state index in [0.29, 0.717) is 22.9 Å². The van der Waals surface area contributed by atoms with Gasteiger partial charge in [-0.1, -0.05) is 0 Å². The Labute approximate surface area is 113 Å². The summed E-state index contributed by atoms with van der Waals surface area (Å²) in [5.74, 6) is -0.388. The SMILES string of the molecule is Cc1nn(Cc2cc(C(=O)O)c(C)o2)c(C)c1[N+](=O)[O-]. The van der Waals surface area contributed by atoms with Gasteiger partial charge in [-0.25, -0.2) is 4.79 Å². The number of aryl methyl sites for hydroxylation is 2. The number of furan rings is 1. The normalized spacial score (nSPS) is 10.8. The van der Waals surface area contributed by atoms with Crippen LogP contribution in [0.4, 0.5) is 5.69 Å². The molecule has 8 heteroatoms. The van der Waals surface area contributed by atoms with Crippen LogP contribution in [0.1, 0.15) is 33.3 Å². The minimum absolute atomic E-state index is 0.0354. The molecule has 0 radical (unpaired) electrons. The van der Waals surface area contributed by atoms with Gasteiger partial charge in [0, 0.05) is 0 Å². The molecule has 0 aliphatic heterocycles. The molecule has 0 unspecified atom stereocenters. The summed E-state index contributed by atoms with van der Waals surface area (Å²) in [5.41, 5.74) is 0.760. The van der Waals surface area contributed by atoms with Crippen molar-refractivity contribution in [2.24, 2.45) is 0 Å². The van der Waals surface area contributed by atoms with Gasteiger partial charge < -0.3 is 9.52 Å². The van der Waals surface area contributed by atoms with E-state index < -0.39 is 10.9 Å². The number of hydrogen-bond donors (Lipinski definition) is 1. The lowest BCUT2D eigenvalue weighted by Crippen LogP contribution is -2.03. The van der Waals surface area contributed by atoms with Crippen molar-refractivity contribution in [2.45, 2.75) is 27.3 Å². The smallest absolute Gasteiger partial charge is 0.339 e. The van der Waals surface area contributed by atoms with Crippen LogP contribution < -0.4 is 0 Å². The molecule has 2 aromatic heterocycles. The van der Waals surface area contributed by atoms with Gasteiger partial charge in [0.05, 0.1) is 11.5 Å². The van der Waals surface area contributed by atoms with Crippen molar-refractivity contribution in [1.29, 1.82) is 0 Å². The monoisotopic (exact) mass is 279 g/mol. The van der Waals surface area contributed by atoms with E-state index in [1.807, 2.05) is 0 Å². The summed E-state index contributed by atoms with van der Waals surface area (Å²) in [7, 11) is 0. The molecule has 1 N–H and O–H groups in total. The van der Waals surface area contributed by atoms with Crippen molar-refractivity contribution >= 4 is 11.7 Å². The number of nitro groups is 1. The van der Waals surface area contributed by atoms with Crippen LogP contribution in [0.25, 0.3) is 0 Å². The lowest BCUT2D eigenvalue weighted by Gasteiger charge is -2.00. The first-order valence-corrected chi connectivity index (χ1v) is 5.82. The fourth-order valence-corrected chi connectivity index (χ4v) is 2.09. The Kier molecular flexibility index (Phi) is 3.31. The highest BCUT2D eigenvalue weighted by atomic mass is 16.6. The standard InChI is InChI=1S/C12H13N3O5/c1-6-11(15(18)19)7(2)14(13-6)5-9-4-10(12(16)17)8(3)20-9/h4H,5H2,1-3H3,(H,16,17). The third-order valence-corrected chi connectivity index (χ3v) is 3.03. The topological polar surface area (TPSA) is 111 Å². The van der Waals surface area contributed by atoms with Gasteiger partial charge in [-0.05, 0) is 26.8 Å². The van der Waals surface area contributed by atoms with Crippen LogP contribution in [-0.4, -0.2) is 25.8 Å². The van der Waals surface area contributed by atoms with Crippen molar-refractivity contribution in [2.75, 3.05) is 0 Å². The summed E-state index contributed by atoms with van der Waals surface area (Å²) in [4.78, 5) is 21.4. The number of hydrogen-bond acceptors (Lipinski definition) is 5. The Morgan fingerprint density at radius 3 is 2.60 bits per heavy atom. The second kappa shape index (κ2) is 4.80. The summed E-state index contributed by atoms with van der Waals surface area (Å²) in [6, 6.07) is 1.40. The molecule has 0 aliphatic carbocycles. The zero-order valence-corrected chi connectivity index (χ0v) is 11.2. The van der Waals surface area contributed by atoms with E-state index in [2.05, 4.69) is 5.10 Å². The molecule has 0 fully saturated rings. The van der Waals surface area contributed by atoms with E-state index in [1.165, 1.54) is 10.7 Å². The largest absolute Gasteiger partial charge is 0.478 e. The fraction of sp³-hybridized carbons (Fsp3) is 0.333. The number of aromatic carboxylic acids is 1. The van der Waals surface area contributed by atoms with Gasteiger partial charge in [0.1, 0.15) is 28.5 Å². The first-order valence-electron chi connectivity index (χ1n) is 5.82. The molecule has 2 aromatic rings. The molecule has 0 bridgehead atoms. The maximum atomic E-state index is 10.9. The van der Waals surface area contributed by atoms with Crippen molar-refractivity contribution < 1.29 is 19.2 Å². The third kappa shape index (κ3) is 2.27. The number of rotatable bonds is 4. The molecule has 106 valence electrons. The molecular formula is C12H13N3O5. The van der Waals surface area contributed by atoms with Crippen molar-refractivity contribution in [3.63, 3.8) is 0 Å². The van der Waals surface area contributed by atoms with Crippen LogP contribution in [0.3, 0.4) is 0 Å². The van der Waals surface area contributed by atoms with Gasteiger partial charge in [0.25, 0.3) is 0 Å². The molecule has 20 heavy (non-hydrogen) atoms. The Balaban J connectivity index is 2.36. The van der Waals surface area contributed by atoms with Crippen molar-refractivity contribution in [3.8, 4) is 0 Å². The molecule has 2 rings (SSSR count). The average Bonchev–Trinajstić information content (AvgIpc) is 2.81. The molecule has 0 spiro atoms. The number of carboxylic acid groups (broad SMARTS) is 1. The maximum absolute atomic E-state index is 10.9. The molecule has 0 aliphatic rings. The summed E-state index contributed by atoms with van der Waals surface area (Å²) in [6.45, 7) is 4.84. The van der Waals surface area contributed by atoms with Gasteiger partial charge in [-0.3, -0.25) is 14.8 Å². The molecular weight excluding hydrogens is 266 g/mol. The van der Waals surface area contributed by atoms with Gasteiger partial charge in [0.15, 0.2) is 0 Å². The highest BCUT2D eigenvalue weighted by molar-refractivity contribution is 5.88. The summed E-state index contributed by atoms with van der Waals surface area (Å²) >= 11 is 0. The Hall–Kier alpha value is -2.64. The van der Waals surface area contributed by atoms with E-state index in [-0.39, 0.29) is 17.8 Å². The molecule has 2 heterocycles. The third-order valence-electron chi connectivity index (χ3n) is 3.03. The highest BCUT2D eigenvalue weighted by Gasteiger charge is 2.23. The Morgan fingerprint density at radius 2 is 2.15 bits per heavy atom. The highest BCUT2D eigenvalue weighted by Crippen LogP contribution is 2.23. The zero-order valence-electron chi connectivity index (χ0n) is 11.2. The van der Waals surface area contributed by atoms with E-state index in [0.717, 1.165) is 0 Å². The number of carboxylic acids is 1. The zero-order chi connectivity index (χ0) is 15.0. The van der Waals surface area contributed by atoms with Gasteiger partial charge in [0.2, 0.25) is 0 Å². The first-order chi connectivity index (χ1) is 9.31. The van der Waals surface area contributed by atoms with Gasteiger partial charge >= 0.3 is 11.7 Å². The minimum atomic E-state index is -1.07. The average molecular weight is 279 g/mol. The summed E-state index contributed by atoms with van der Waals surface area (Å²) < 4.78 is 6.76. The van der Waals surface area contributed by atoms with E-state index in [1.54, 1.807) is 20.8 Å². The summed E-state index contributed by atoms with van der Waals surface area (Å²) in [5, 5.41) is 23.9. The molecule has 0 saturated carbocycles. The van der Waals surface area contributed by atoms with Crippen LogP contribution in [-0.2, 0) is 6.54 Å². The number of nitrogens with zero attached hydrogens (tertiary/aromatic N) is 3. The minimum Gasteiger partial charge on any atom is -0.478 e. The molecule has 0 atom stereocenters. The van der Waals surface area contributed by atoms with Crippen LogP contribution in [0.5, 0.6) is 0 Å². The lowest BCUT2D eigenvalue weighted by molar-refractivity contribution is -0.386. The van der Waals surface area contributed by atoms with Gasteiger partial charge in [-0.15, -0.1) is 0 Å². The first kappa shape index (κ1) is 13.8. The predicted molar refractivity (Wildman–Crippen MR) is 67.9 cm³/mol. The van der Waals surface area contributed by atoms with E-state index in [4.69, 9.17) is 9.52 Å². The second-order valence-corrected chi connectivity index (χ2v) is 4.42. The van der Waals surface area contributed by atoms with Crippen molar-refractivity contribution in [1.82, 2.24) is 9.78 Å². The predicted octanol–water partition coefficient (Wildman–Crippen LogP) is 2.06. The lowest BCUT2D eigenvalue weighted by atomic mass is 10.2. The number of aromatic nitrogens is 2.